The predicted molar refractivity (Wildman–Crippen MR) is 88.6 cm³/mol. The van der Waals surface area contributed by atoms with Crippen LogP contribution in [0.2, 0.25) is 0 Å². The highest BCUT2D eigenvalue weighted by Crippen LogP contribution is 2.10. The van der Waals surface area contributed by atoms with Crippen LogP contribution in [0, 0.1) is 0 Å². The molecular formula is C14H30N4O2S. The van der Waals surface area contributed by atoms with Gasteiger partial charge < -0.3 is 15.5 Å². The molecule has 0 aliphatic carbocycles. The summed E-state index contributed by atoms with van der Waals surface area (Å²) in [5, 5.41) is 6.48. The fourth-order valence-corrected chi connectivity index (χ4v) is 3.18. The summed E-state index contributed by atoms with van der Waals surface area (Å²) >= 11 is 0. The van der Waals surface area contributed by atoms with Gasteiger partial charge in [0.1, 0.15) is 0 Å². The normalized spacial score (nSPS) is 18.7. The van der Waals surface area contributed by atoms with Crippen molar-refractivity contribution in [3.63, 3.8) is 0 Å². The Kier molecular flexibility index (Phi) is 8.03. The van der Waals surface area contributed by atoms with Crippen molar-refractivity contribution < 1.29 is 8.42 Å². The van der Waals surface area contributed by atoms with E-state index in [2.05, 4.69) is 27.4 Å². The summed E-state index contributed by atoms with van der Waals surface area (Å²) in [7, 11) is -1.20. The molecule has 1 heterocycles. The average Bonchev–Trinajstić information content (AvgIpc) is 2.48. The molecule has 124 valence electrons. The van der Waals surface area contributed by atoms with E-state index in [1.807, 2.05) is 0 Å². The minimum absolute atomic E-state index is 0.152. The second-order valence-corrected chi connectivity index (χ2v) is 7.97. The highest BCUT2D eigenvalue weighted by molar-refractivity contribution is 7.91. The summed E-state index contributed by atoms with van der Waals surface area (Å²) in [4.78, 5) is 6.66. The standard InChI is InChI=1S/C14H30N4O2S/c1-4-9-18-10-6-13(7-11-18)17-14(15-3)16-8-12-21(19,20)5-2/h13H,4-12H2,1-3H3,(H2,15,16,17). The summed E-state index contributed by atoms with van der Waals surface area (Å²) in [5.74, 6) is 1.05. The first-order valence-corrected chi connectivity index (χ1v) is 9.72. The highest BCUT2D eigenvalue weighted by Gasteiger charge is 2.19. The Morgan fingerprint density at radius 2 is 1.95 bits per heavy atom. The van der Waals surface area contributed by atoms with E-state index in [0.717, 1.165) is 25.9 Å². The lowest BCUT2D eigenvalue weighted by Crippen LogP contribution is -2.49. The average molecular weight is 318 g/mol. The smallest absolute Gasteiger partial charge is 0.191 e. The first kappa shape index (κ1) is 18.2. The maximum atomic E-state index is 11.5. The van der Waals surface area contributed by atoms with Crippen LogP contribution >= 0.6 is 0 Å². The minimum Gasteiger partial charge on any atom is -0.355 e. The number of guanidine groups is 1. The van der Waals surface area contributed by atoms with Gasteiger partial charge in [-0.3, -0.25) is 4.99 Å². The molecule has 0 aromatic carbocycles. The second kappa shape index (κ2) is 9.25. The quantitative estimate of drug-likeness (QED) is 0.527. The van der Waals surface area contributed by atoms with Crippen LogP contribution in [-0.2, 0) is 9.84 Å². The predicted octanol–water partition coefficient (Wildman–Crippen LogP) is 0.461. The summed E-state index contributed by atoms with van der Waals surface area (Å²) in [6.07, 6.45) is 3.41. The van der Waals surface area contributed by atoms with E-state index in [4.69, 9.17) is 0 Å². The van der Waals surface area contributed by atoms with E-state index in [1.54, 1.807) is 14.0 Å². The van der Waals surface area contributed by atoms with Crippen molar-refractivity contribution in [1.29, 1.82) is 0 Å². The van der Waals surface area contributed by atoms with Crippen LogP contribution in [0.4, 0.5) is 0 Å². The van der Waals surface area contributed by atoms with Crippen molar-refractivity contribution in [3.8, 4) is 0 Å². The van der Waals surface area contributed by atoms with Crippen LogP contribution in [0.1, 0.15) is 33.1 Å². The van der Waals surface area contributed by atoms with Crippen LogP contribution in [-0.4, -0.2) is 70.1 Å². The number of nitrogens with one attached hydrogen (secondary N) is 2. The molecule has 0 aromatic heterocycles. The zero-order chi connectivity index (χ0) is 15.7. The number of piperidine rings is 1. The van der Waals surface area contributed by atoms with Crippen LogP contribution in [0.15, 0.2) is 4.99 Å². The molecule has 0 amide bonds. The van der Waals surface area contributed by atoms with Crippen molar-refractivity contribution in [1.82, 2.24) is 15.5 Å². The van der Waals surface area contributed by atoms with Crippen LogP contribution in [0.3, 0.4) is 0 Å². The van der Waals surface area contributed by atoms with Crippen LogP contribution in [0.5, 0.6) is 0 Å². The van der Waals surface area contributed by atoms with Gasteiger partial charge in [-0.05, 0) is 25.8 Å². The lowest BCUT2D eigenvalue weighted by molar-refractivity contribution is 0.206. The zero-order valence-electron chi connectivity index (χ0n) is 13.6. The third-order valence-corrected chi connectivity index (χ3v) is 5.54. The topological polar surface area (TPSA) is 73.8 Å². The molecule has 0 aromatic rings. The number of hydrogen-bond acceptors (Lipinski definition) is 4. The van der Waals surface area contributed by atoms with Gasteiger partial charge in [0.2, 0.25) is 0 Å². The molecule has 1 saturated heterocycles. The van der Waals surface area contributed by atoms with E-state index in [0.29, 0.717) is 18.5 Å². The van der Waals surface area contributed by atoms with Gasteiger partial charge in [-0.1, -0.05) is 13.8 Å². The Hall–Kier alpha value is -0.820. The van der Waals surface area contributed by atoms with Crippen LogP contribution < -0.4 is 10.6 Å². The van der Waals surface area contributed by atoms with Gasteiger partial charge in [-0.25, -0.2) is 8.42 Å². The molecule has 0 radical (unpaired) electrons. The third-order valence-electron chi connectivity index (χ3n) is 3.84. The lowest BCUT2D eigenvalue weighted by atomic mass is 10.1. The fourth-order valence-electron chi connectivity index (χ4n) is 2.47. The molecule has 21 heavy (non-hydrogen) atoms. The van der Waals surface area contributed by atoms with E-state index in [1.165, 1.54) is 13.0 Å². The molecule has 0 atom stereocenters. The molecule has 0 saturated carbocycles. The Morgan fingerprint density at radius 3 is 2.48 bits per heavy atom. The maximum Gasteiger partial charge on any atom is 0.191 e. The number of sulfone groups is 1. The van der Waals surface area contributed by atoms with E-state index in [-0.39, 0.29) is 11.5 Å². The highest BCUT2D eigenvalue weighted by atomic mass is 32.2. The van der Waals surface area contributed by atoms with Crippen molar-refractivity contribution in [2.24, 2.45) is 4.99 Å². The number of hydrogen-bond donors (Lipinski definition) is 2. The molecule has 1 rings (SSSR count). The maximum absolute atomic E-state index is 11.5. The Bertz CT molecular complexity index is 415. The monoisotopic (exact) mass is 318 g/mol. The van der Waals surface area contributed by atoms with E-state index < -0.39 is 9.84 Å². The summed E-state index contributed by atoms with van der Waals surface area (Å²) < 4.78 is 22.9. The fraction of sp³-hybridized carbons (Fsp3) is 0.929. The number of likely N-dealkylation sites (tertiary alicyclic amines) is 1. The first-order chi connectivity index (χ1) is 10.0. The summed E-state index contributed by atoms with van der Waals surface area (Å²) in [6.45, 7) is 7.70. The third kappa shape index (κ3) is 7.13. The molecular weight excluding hydrogens is 288 g/mol. The minimum atomic E-state index is -2.92. The number of rotatable bonds is 7. The van der Waals surface area contributed by atoms with Gasteiger partial charge in [-0.15, -0.1) is 0 Å². The molecule has 0 unspecified atom stereocenters. The van der Waals surface area contributed by atoms with Crippen molar-refractivity contribution in [2.45, 2.75) is 39.2 Å². The van der Waals surface area contributed by atoms with Crippen molar-refractivity contribution >= 4 is 15.8 Å². The molecule has 0 spiro atoms. The zero-order valence-corrected chi connectivity index (χ0v) is 14.4. The molecule has 2 N–H and O–H groups in total. The Morgan fingerprint density at radius 1 is 1.29 bits per heavy atom. The van der Waals surface area contributed by atoms with Crippen molar-refractivity contribution in [2.75, 3.05) is 44.7 Å². The first-order valence-electron chi connectivity index (χ1n) is 7.90. The van der Waals surface area contributed by atoms with Crippen molar-refractivity contribution in [3.05, 3.63) is 0 Å². The molecule has 6 nitrogen and oxygen atoms in total. The summed E-state index contributed by atoms with van der Waals surface area (Å²) in [6, 6.07) is 0.423. The molecule has 0 bridgehead atoms. The van der Waals surface area contributed by atoms with E-state index >= 15 is 0 Å². The number of nitrogens with zero attached hydrogens (tertiary/aromatic N) is 2. The molecule has 1 aliphatic heterocycles. The Balaban J connectivity index is 2.29. The van der Waals surface area contributed by atoms with Gasteiger partial charge in [-0.2, -0.15) is 0 Å². The van der Waals surface area contributed by atoms with Gasteiger partial charge >= 0.3 is 0 Å². The van der Waals surface area contributed by atoms with Gasteiger partial charge in [0.25, 0.3) is 0 Å². The molecule has 1 aliphatic rings. The largest absolute Gasteiger partial charge is 0.355 e. The van der Waals surface area contributed by atoms with Crippen LogP contribution in [0.25, 0.3) is 0 Å². The van der Waals surface area contributed by atoms with Gasteiger partial charge in [0.05, 0.1) is 5.75 Å². The van der Waals surface area contributed by atoms with Gasteiger partial charge in [0.15, 0.2) is 15.8 Å². The van der Waals surface area contributed by atoms with E-state index in [9.17, 15) is 8.42 Å². The second-order valence-electron chi connectivity index (χ2n) is 5.50. The van der Waals surface area contributed by atoms with Gasteiger partial charge in [0, 0.05) is 38.5 Å². The molecule has 1 fully saturated rings. The SMILES string of the molecule is CCCN1CCC(NC(=NC)NCCS(=O)(=O)CC)CC1. The lowest BCUT2D eigenvalue weighted by Gasteiger charge is -2.32. The Labute approximate surface area is 129 Å². The summed E-state index contributed by atoms with van der Waals surface area (Å²) in [5.41, 5.74) is 0. The molecule has 7 heteroatoms. The number of aliphatic imine (C=N–C) groups is 1.